The number of para-hydroxylation sites is 1. The number of rotatable bonds is 3. The van der Waals surface area contributed by atoms with Crippen LogP contribution in [0.1, 0.15) is 24.3 Å². The molecule has 2 aliphatic rings. The van der Waals surface area contributed by atoms with E-state index in [1.165, 1.54) is 16.9 Å². The van der Waals surface area contributed by atoms with Crippen LogP contribution in [-0.4, -0.2) is 26.9 Å². The fourth-order valence-electron chi connectivity index (χ4n) is 4.03. The first-order valence-corrected chi connectivity index (χ1v) is 9.83. The molecule has 0 fully saturated rings. The molecule has 1 atom stereocenters. The lowest BCUT2D eigenvalue weighted by atomic mass is 9.77. The van der Waals surface area contributed by atoms with Crippen LogP contribution in [0, 0.1) is 5.92 Å². The summed E-state index contributed by atoms with van der Waals surface area (Å²) in [7, 11) is 5.90. The molecule has 0 radical (unpaired) electrons. The van der Waals surface area contributed by atoms with Gasteiger partial charge in [0.25, 0.3) is 0 Å². The Labute approximate surface area is 164 Å². The van der Waals surface area contributed by atoms with Crippen molar-refractivity contribution in [3.63, 3.8) is 0 Å². The van der Waals surface area contributed by atoms with E-state index in [0.29, 0.717) is 5.57 Å². The number of carbonyl (C=O) groups is 1. The first-order chi connectivity index (χ1) is 12.7. The van der Waals surface area contributed by atoms with E-state index in [0.717, 1.165) is 21.3 Å². The highest BCUT2D eigenvalue weighted by molar-refractivity contribution is 7.17. The van der Waals surface area contributed by atoms with E-state index >= 15 is 0 Å². The topological polar surface area (TPSA) is 46.6 Å². The van der Waals surface area contributed by atoms with Crippen LogP contribution >= 0.6 is 11.3 Å². The summed E-state index contributed by atoms with van der Waals surface area (Å²) in [5.74, 6) is -0.810. The number of hydrogen-bond donors (Lipinski definition) is 0. The number of hydrogen-bond acceptors (Lipinski definition) is 5. The molecule has 0 amide bonds. The SMILES string of the molecule is CN(C)c1ccc(C2=C([O-])C(/C=C3\N(C)c4ccccc4C3(C)C)C2=O)s1. The Kier molecular flexibility index (Phi) is 3.96. The average Bonchev–Trinajstić information content (AvgIpc) is 3.17. The first-order valence-electron chi connectivity index (χ1n) is 9.02. The third kappa shape index (κ3) is 2.52. The van der Waals surface area contributed by atoms with Crippen molar-refractivity contribution < 1.29 is 9.90 Å². The number of nitrogens with zero attached hydrogens (tertiary/aromatic N) is 2. The lowest BCUT2D eigenvalue weighted by Crippen LogP contribution is -2.37. The molecule has 0 spiro atoms. The quantitative estimate of drug-likeness (QED) is 0.820. The fourth-order valence-corrected chi connectivity index (χ4v) is 5.01. The molecule has 1 unspecified atom stereocenters. The van der Waals surface area contributed by atoms with Gasteiger partial charge in [-0.15, -0.1) is 17.1 Å². The molecule has 1 aromatic heterocycles. The minimum Gasteiger partial charge on any atom is -0.874 e. The van der Waals surface area contributed by atoms with Gasteiger partial charge in [-0.05, 0) is 29.8 Å². The van der Waals surface area contributed by atoms with Crippen LogP contribution in [0.25, 0.3) is 5.57 Å². The molecule has 1 aliphatic carbocycles. The van der Waals surface area contributed by atoms with Crippen molar-refractivity contribution in [3.05, 3.63) is 64.4 Å². The number of Topliss-reactive ketones (excluding diaryl/α,β-unsaturated/α-hetero) is 1. The van der Waals surface area contributed by atoms with Crippen LogP contribution in [0.4, 0.5) is 10.7 Å². The van der Waals surface area contributed by atoms with Crippen LogP contribution < -0.4 is 14.9 Å². The van der Waals surface area contributed by atoms with E-state index in [4.69, 9.17) is 0 Å². The third-order valence-electron chi connectivity index (χ3n) is 5.60. The molecule has 0 saturated heterocycles. The number of ketones is 1. The Morgan fingerprint density at radius 2 is 1.89 bits per heavy atom. The highest BCUT2D eigenvalue weighted by atomic mass is 32.1. The number of anilines is 2. The largest absolute Gasteiger partial charge is 0.874 e. The standard InChI is InChI=1S/C22H24N2O2S/c1-22(2)14-8-6-7-9-15(14)24(5)17(22)12-13-20(25)19(21(13)26)16-10-11-18(27-16)23(3)4/h6-13,25H,1-5H3/p-1/b17-12-. The van der Waals surface area contributed by atoms with E-state index in [-0.39, 0.29) is 17.0 Å². The van der Waals surface area contributed by atoms with E-state index in [2.05, 4.69) is 30.9 Å². The summed E-state index contributed by atoms with van der Waals surface area (Å²) in [4.78, 5) is 17.7. The lowest BCUT2D eigenvalue weighted by Gasteiger charge is -2.36. The molecule has 0 bridgehead atoms. The van der Waals surface area contributed by atoms with Gasteiger partial charge in [-0.1, -0.05) is 32.0 Å². The number of fused-ring (bicyclic) bond motifs is 1. The summed E-state index contributed by atoms with van der Waals surface area (Å²) >= 11 is 1.48. The van der Waals surface area contributed by atoms with Crippen LogP contribution in [0.15, 0.2) is 53.9 Å². The van der Waals surface area contributed by atoms with Crippen molar-refractivity contribution in [2.45, 2.75) is 19.3 Å². The van der Waals surface area contributed by atoms with Gasteiger partial charge in [0.2, 0.25) is 0 Å². The predicted molar refractivity (Wildman–Crippen MR) is 110 cm³/mol. The van der Waals surface area contributed by atoms with Gasteiger partial charge < -0.3 is 14.9 Å². The average molecular weight is 380 g/mol. The number of likely N-dealkylation sites (N-methyl/N-ethyl adjacent to an activating group) is 1. The monoisotopic (exact) mass is 379 g/mol. The van der Waals surface area contributed by atoms with Gasteiger partial charge in [0.1, 0.15) is 0 Å². The number of thiophene rings is 1. The normalized spacial score (nSPS) is 22.3. The van der Waals surface area contributed by atoms with Gasteiger partial charge in [0.05, 0.1) is 10.9 Å². The maximum absolute atomic E-state index is 12.8. The fraction of sp³-hybridized carbons (Fsp3) is 0.318. The van der Waals surface area contributed by atoms with Crippen LogP contribution in [-0.2, 0) is 10.2 Å². The maximum atomic E-state index is 12.8. The molecule has 4 nitrogen and oxygen atoms in total. The highest BCUT2D eigenvalue weighted by Gasteiger charge is 2.41. The predicted octanol–water partition coefficient (Wildman–Crippen LogP) is 3.40. The smallest absolute Gasteiger partial charge is 0.173 e. The summed E-state index contributed by atoms with van der Waals surface area (Å²) in [5, 5.41) is 13.8. The summed E-state index contributed by atoms with van der Waals surface area (Å²) in [5.41, 5.74) is 3.48. The van der Waals surface area contributed by atoms with Gasteiger partial charge in [-0.2, -0.15) is 0 Å². The first kappa shape index (κ1) is 17.9. The minimum absolute atomic E-state index is 0.0696. The number of benzene rings is 1. The Morgan fingerprint density at radius 3 is 2.48 bits per heavy atom. The summed E-state index contributed by atoms with van der Waals surface area (Å²) in [6.07, 6.45) is 1.87. The number of allylic oxidation sites excluding steroid dienone is 3. The van der Waals surface area contributed by atoms with Gasteiger partial charge >= 0.3 is 0 Å². The molecular weight excluding hydrogens is 356 g/mol. The Hall–Kier alpha value is -2.53. The molecule has 1 aromatic carbocycles. The van der Waals surface area contributed by atoms with E-state index in [1.54, 1.807) is 0 Å². The molecule has 0 saturated carbocycles. The van der Waals surface area contributed by atoms with Crippen LogP contribution in [0.3, 0.4) is 0 Å². The molecule has 27 heavy (non-hydrogen) atoms. The van der Waals surface area contributed by atoms with Crippen molar-refractivity contribution >= 4 is 33.4 Å². The second kappa shape index (κ2) is 5.99. The van der Waals surface area contributed by atoms with E-state index in [1.807, 2.05) is 56.4 Å². The van der Waals surface area contributed by atoms with Gasteiger partial charge in [0, 0.05) is 48.4 Å². The van der Waals surface area contributed by atoms with Gasteiger partial charge in [-0.25, -0.2) is 0 Å². The second-order valence-corrected chi connectivity index (χ2v) is 8.93. The summed E-state index contributed by atoms with van der Waals surface area (Å²) < 4.78 is 0. The van der Waals surface area contributed by atoms with Crippen molar-refractivity contribution in [2.24, 2.45) is 5.92 Å². The maximum Gasteiger partial charge on any atom is 0.173 e. The van der Waals surface area contributed by atoms with Crippen molar-refractivity contribution in [1.82, 2.24) is 0 Å². The molecule has 1 aliphatic heterocycles. The van der Waals surface area contributed by atoms with Crippen LogP contribution in [0.2, 0.25) is 0 Å². The van der Waals surface area contributed by atoms with Crippen molar-refractivity contribution in [3.8, 4) is 0 Å². The molecule has 2 heterocycles. The Balaban J connectivity index is 1.70. The molecule has 140 valence electrons. The Bertz CT molecular complexity index is 997. The number of carbonyl (C=O) groups excluding carboxylic acids is 1. The summed E-state index contributed by atoms with van der Waals surface area (Å²) in [6.45, 7) is 4.28. The van der Waals surface area contributed by atoms with Gasteiger partial charge in [0.15, 0.2) is 5.78 Å². The molecule has 2 aromatic rings. The molecule has 0 N–H and O–H groups in total. The second-order valence-electron chi connectivity index (χ2n) is 7.87. The highest BCUT2D eigenvalue weighted by Crippen LogP contribution is 2.49. The van der Waals surface area contributed by atoms with E-state index < -0.39 is 5.92 Å². The minimum atomic E-state index is -0.670. The molecule has 4 rings (SSSR count). The molecule has 5 heteroatoms. The van der Waals surface area contributed by atoms with Crippen molar-refractivity contribution in [2.75, 3.05) is 30.9 Å². The van der Waals surface area contributed by atoms with Crippen LogP contribution in [0.5, 0.6) is 0 Å². The van der Waals surface area contributed by atoms with Crippen molar-refractivity contribution in [1.29, 1.82) is 0 Å². The third-order valence-corrected chi connectivity index (χ3v) is 6.87. The zero-order chi connectivity index (χ0) is 19.5. The zero-order valence-electron chi connectivity index (χ0n) is 16.2. The van der Waals surface area contributed by atoms with Gasteiger partial charge in [-0.3, -0.25) is 4.79 Å². The Morgan fingerprint density at radius 1 is 1.19 bits per heavy atom. The van der Waals surface area contributed by atoms with E-state index in [9.17, 15) is 9.90 Å². The zero-order valence-corrected chi connectivity index (χ0v) is 17.1. The molecular formula is C22H23N2O2S-. The lowest BCUT2D eigenvalue weighted by molar-refractivity contribution is -0.312. The summed E-state index contributed by atoms with van der Waals surface area (Å²) in [6, 6.07) is 12.1.